The van der Waals surface area contributed by atoms with Crippen molar-refractivity contribution in [2.24, 2.45) is 0 Å². The molecule has 2 aromatic carbocycles. The van der Waals surface area contributed by atoms with Crippen molar-refractivity contribution in [2.75, 3.05) is 7.05 Å². The second kappa shape index (κ2) is 6.69. The molecule has 2 aromatic rings. The molecule has 2 aliphatic rings. The molecule has 2 fully saturated rings. The summed E-state index contributed by atoms with van der Waals surface area (Å²) in [5.41, 5.74) is 6.56. The molecule has 0 aliphatic carbocycles. The van der Waals surface area contributed by atoms with Crippen LogP contribution in [0.2, 0.25) is 0 Å². The molecule has 2 aliphatic heterocycles. The van der Waals surface area contributed by atoms with Gasteiger partial charge in [-0.1, -0.05) is 54.1 Å². The molecule has 2 heterocycles. The Balaban J connectivity index is 1.80. The average molecular weight is 343 g/mol. The van der Waals surface area contributed by atoms with E-state index in [0.29, 0.717) is 0 Å². The highest BCUT2D eigenvalue weighted by atomic mass is 16.1. The van der Waals surface area contributed by atoms with Crippen LogP contribution in [0.1, 0.15) is 35.1 Å². The van der Waals surface area contributed by atoms with Crippen molar-refractivity contribution >= 4 is 17.9 Å². The SMILES string of the molecule is Cc1cccc(/C=C2/C(=O)/C(=C/c3ccccc3C)[C@H]3CC[C@@H]2N3C)c1. The van der Waals surface area contributed by atoms with Gasteiger partial charge in [-0.15, -0.1) is 0 Å². The van der Waals surface area contributed by atoms with Gasteiger partial charge in [0, 0.05) is 23.2 Å². The van der Waals surface area contributed by atoms with E-state index >= 15 is 0 Å². The first kappa shape index (κ1) is 17.0. The van der Waals surface area contributed by atoms with Gasteiger partial charge in [-0.25, -0.2) is 0 Å². The third kappa shape index (κ3) is 2.95. The highest BCUT2D eigenvalue weighted by Crippen LogP contribution is 2.40. The highest BCUT2D eigenvalue weighted by molar-refractivity contribution is 6.16. The molecule has 132 valence electrons. The van der Waals surface area contributed by atoms with Gasteiger partial charge in [0.15, 0.2) is 5.78 Å². The van der Waals surface area contributed by atoms with Crippen LogP contribution in [-0.4, -0.2) is 29.8 Å². The summed E-state index contributed by atoms with van der Waals surface area (Å²) >= 11 is 0. The first-order chi connectivity index (χ1) is 12.5. The topological polar surface area (TPSA) is 20.3 Å². The maximum Gasteiger partial charge on any atom is 0.188 e. The van der Waals surface area contributed by atoms with Gasteiger partial charge in [0.1, 0.15) is 0 Å². The van der Waals surface area contributed by atoms with E-state index in [4.69, 9.17) is 0 Å². The van der Waals surface area contributed by atoms with Crippen molar-refractivity contribution in [3.8, 4) is 0 Å². The summed E-state index contributed by atoms with van der Waals surface area (Å²) in [5, 5.41) is 0. The molecule has 2 atom stereocenters. The summed E-state index contributed by atoms with van der Waals surface area (Å²) in [6.07, 6.45) is 6.32. The number of fused-ring (bicyclic) bond motifs is 2. The molecule has 0 aromatic heterocycles. The third-order valence-corrected chi connectivity index (χ3v) is 5.80. The van der Waals surface area contributed by atoms with Crippen LogP contribution in [0.15, 0.2) is 59.7 Å². The van der Waals surface area contributed by atoms with Gasteiger partial charge < -0.3 is 0 Å². The molecule has 4 rings (SSSR count). The number of rotatable bonds is 2. The number of hydrogen-bond donors (Lipinski definition) is 0. The predicted molar refractivity (Wildman–Crippen MR) is 108 cm³/mol. The number of aryl methyl sites for hydroxylation is 2. The maximum atomic E-state index is 13.4. The fraction of sp³-hybridized carbons (Fsp3) is 0.292. The maximum absolute atomic E-state index is 13.4. The summed E-state index contributed by atoms with van der Waals surface area (Å²) in [4.78, 5) is 15.8. The molecule has 0 N–H and O–H groups in total. The van der Waals surface area contributed by atoms with Gasteiger partial charge >= 0.3 is 0 Å². The lowest BCUT2D eigenvalue weighted by molar-refractivity contribution is -0.114. The van der Waals surface area contributed by atoms with Crippen LogP contribution in [0, 0.1) is 13.8 Å². The molecule has 0 unspecified atom stereocenters. The molecule has 0 spiro atoms. The Morgan fingerprint density at radius 3 is 2.31 bits per heavy atom. The molecule has 0 radical (unpaired) electrons. The molecule has 2 bridgehead atoms. The lowest BCUT2D eigenvalue weighted by Crippen LogP contribution is -2.43. The van der Waals surface area contributed by atoms with Crippen LogP contribution in [0.5, 0.6) is 0 Å². The number of likely N-dealkylation sites (N-methyl/N-ethyl adjacent to an activating group) is 1. The Hall–Kier alpha value is -2.45. The van der Waals surface area contributed by atoms with E-state index in [1.807, 2.05) is 12.1 Å². The lowest BCUT2D eigenvalue weighted by atomic mass is 9.88. The number of Topliss-reactive ketones (excluding diaryl/α,β-unsaturated/α-hetero) is 1. The summed E-state index contributed by atoms with van der Waals surface area (Å²) in [6.45, 7) is 4.19. The first-order valence-electron chi connectivity index (χ1n) is 9.37. The number of piperidine rings is 1. The second-order valence-electron chi connectivity index (χ2n) is 7.57. The van der Waals surface area contributed by atoms with Crippen LogP contribution >= 0.6 is 0 Å². The van der Waals surface area contributed by atoms with Gasteiger partial charge in [0.25, 0.3) is 0 Å². The van der Waals surface area contributed by atoms with Crippen molar-refractivity contribution in [3.63, 3.8) is 0 Å². The number of carbonyl (C=O) groups is 1. The normalized spacial score (nSPS) is 26.0. The highest BCUT2D eigenvalue weighted by Gasteiger charge is 2.44. The fourth-order valence-corrected chi connectivity index (χ4v) is 4.34. The van der Waals surface area contributed by atoms with Gasteiger partial charge in [-0.05, 0) is 62.6 Å². The Morgan fingerprint density at radius 2 is 1.62 bits per heavy atom. The van der Waals surface area contributed by atoms with Crippen molar-refractivity contribution in [1.82, 2.24) is 4.90 Å². The standard InChI is InChI=1S/C24H25NO/c1-16-7-6-9-18(13-16)14-20-22-11-12-23(25(22)3)21(24(20)26)15-19-10-5-4-8-17(19)2/h4-10,13-15,22-23H,11-12H2,1-3H3/b20-14+,21-15+/t22-,23+/m0/s1. The Bertz CT molecular complexity index is 921. The van der Waals surface area contributed by atoms with E-state index in [-0.39, 0.29) is 17.9 Å². The van der Waals surface area contributed by atoms with Gasteiger partial charge in [-0.3, -0.25) is 9.69 Å². The van der Waals surface area contributed by atoms with E-state index in [1.54, 1.807) is 0 Å². The molecular weight excluding hydrogens is 318 g/mol. The molecular formula is C24H25NO. The van der Waals surface area contributed by atoms with E-state index < -0.39 is 0 Å². The molecule has 0 saturated carbocycles. The molecule has 0 amide bonds. The lowest BCUT2D eigenvalue weighted by Gasteiger charge is -2.34. The Kier molecular flexibility index (Phi) is 4.37. The van der Waals surface area contributed by atoms with Gasteiger partial charge in [0.2, 0.25) is 0 Å². The van der Waals surface area contributed by atoms with Gasteiger partial charge in [-0.2, -0.15) is 0 Å². The summed E-state index contributed by atoms with van der Waals surface area (Å²) in [7, 11) is 2.16. The zero-order valence-electron chi connectivity index (χ0n) is 15.7. The van der Waals surface area contributed by atoms with Crippen LogP contribution in [-0.2, 0) is 4.79 Å². The third-order valence-electron chi connectivity index (χ3n) is 5.80. The Labute approximate surface area is 155 Å². The first-order valence-corrected chi connectivity index (χ1v) is 9.37. The molecule has 2 saturated heterocycles. The molecule has 26 heavy (non-hydrogen) atoms. The zero-order valence-corrected chi connectivity index (χ0v) is 15.7. The van der Waals surface area contributed by atoms with E-state index in [9.17, 15) is 4.79 Å². The second-order valence-corrected chi connectivity index (χ2v) is 7.57. The zero-order chi connectivity index (χ0) is 18.3. The van der Waals surface area contributed by atoms with Crippen LogP contribution in [0.3, 0.4) is 0 Å². The van der Waals surface area contributed by atoms with Crippen molar-refractivity contribution in [2.45, 2.75) is 38.8 Å². The minimum atomic E-state index is 0.223. The summed E-state index contributed by atoms with van der Waals surface area (Å²) < 4.78 is 0. The minimum absolute atomic E-state index is 0.223. The number of ketones is 1. The fourth-order valence-electron chi connectivity index (χ4n) is 4.34. The summed E-state index contributed by atoms with van der Waals surface area (Å²) in [5.74, 6) is 0.223. The smallest absolute Gasteiger partial charge is 0.188 e. The minimum Gasteiger partial charge on any atom is -0.292 e. The van der Waals surface area contributed by atoms with Crippen molar-refractivity contribution < 1.29 is 4.79 Å². The van der Waals surface area contributed by atoms with Crippen LogP contribution < -0.4 is 0 Å². The largest absolute Gasteiger partial charge is 0.292 e. The van der Waals surface area contributed by atoms with Crippen LogP contribution in [0.4, 0.5) is 0 Å². The predicted octanol–water partition coefficient (Wildman–Crippen LogP) is 4.82. The number of carbonyl (C=O) groups excluding carboxylic acids is 1. The van der Waals surface area contributed by atoms with Crippen molar-refractivity contribution in [1.29, 1.82) is 0 Å². The average Bonchev–Trinajstić information content (AvgIpc) is 2.93. The molecule has 2 nitrogen and oxygen atoms in total. The van der Waals surface area contributed by atoms with E-state index in [2.05, 4.69) is 74.3 Å². The van der Waals surface area contributed by atoms with E-state index in [1.165, 1.54) is 11.1 Å². The number of hydrogen-bond acceptors (Lipinski definition) is 2. The number of nitrogens with zero attached hydrogens (tertiary/aromatic N) is 1. The van der Waals surface area contributed by atoms with Gasteiger partial charge in [0.05, 0.1) is 0 Å². The summed E-state index contributed by atoms with van der Waals surface area (Å²) in [6, 6.07) is 17.1. The molecule has 2 heteroatoms. The quantitative estimate of drug-likeness (QED) is 0.729. The van der Waals surface area contributed by atoms with Crippen molar-refractivity contribution in [3.05, 3.63) is 81.9 Å². The number of benzene rings is 2. The van der Waals surface area contributed by atoms with E-state index in [0.717, 1.165) is 35.1 Å². The van der Waals surface area contributed by atoms with Crippen LogP contribution in [0.25, 0.3) is 12.2 Å². The Morgan fingerprint density at radius 1 is 0.923 bits per heavy atom. The monoisotopic (exact) mass is 343 g/mol.